The lowest BCUT2D eigenvalue weighted by Crippen LogP contribution is -2.07. The van der Waals surface area contributed by atoms with Crippen LogP contribution in [0.25, 0.3) is 0 Å². The summed E-state index contributed by atoms with van der Waals surface area (Å²) in [6.07, 6.45) is 1.22. The molecular formula is C13H10ClFINO. The molecule has 5 heteroatoms. The first kappa shape index (κ1) is 13.5. The number of halogens is 3. The fraction of sp³-hybridized carbons (Fsp3) is 0.154. The van der Waals surface area contributed by atoms with E-state index < -0.39 is 6.10 Å². The minimum absolute atomic E-state index is 0.371. The molecule has 2 aromatic rings. The third-order valence-electron chi connectivity index (χ3n) is 2.41. The number of ether oxygens (including phenoxy) is 1. The zero-order chi connectivity index (χ0) is 13.1. The predicted octanol–water partition coefficient (Wildman–Crippen LogP) is 4.62. The molecule has 0 fully saturated rings. The van der Waals surface area contributed by atoms with E-state index in [0.717, 1.165) is 3.57 Å². The van der Waals surface area contributed by atoms with E-state index in [9.17, 15) is 4.39 Å². The maximum atomic E-state index is 13.7. The van der Waals surface area contributed by atoms with Crippen LogP contribution in [0.4, 0.5) is 4.39 Å². The number of aromatic nitrogens is 1. The molecular weight excluding hydrogens is 368 g/mol. The molecule has 0 aliphatic carbocycles. The Kier molecular flexibility index (Phi) is 4.40. The monoisotopic (exact) mass is 377 g/mol. The lowest BCUT2D eigenvalue weighted by Gasteiger charge is -2.15. The van der Waals surface area contributed by atoms with Crippen LogP contribution in [0.2, 0.25) is 5.02 Å². The van der Waals surface area contributed by atoms with Gasteiger partial charge in [0.1, 0.15) is 11.9 Å². The molecule has 94 valence electrons. The van der Waals surface area contributed by atoms with E-state index >= 15 is 0 Å². The van der Waals surface area contributed by atoms with Crippen LogP contribution in [0.15, 0.2) is 36.5 Å². The number of hydrogen-bond acceptors (Lipinski definition) is 2. The standard InChI is InChI=1S/C13H10ClFINO/c1-8(10-5-4-9(14)7-11(10)15)18-13-12(16)3-2-6-17-13/h2-8H,1H3. The van der Waals surface area contributed by atoms with E-state index in [0.29, 0.717) is 16.5 Å². The quantitative estimate of drug-likeness (QED) is 0.728. The second-order valence-electron chi connectivity index (χ2n) is 3.72. The first-order valence-corrected chi connectivity index (χ1v) is 6.75. The largest absolute Gasteiger partial charge is 0.469 e. The summed E-state index contributed by atoms with van der Waals surface area (Å²) in [5, 5.41) is 0.371. The van der Waals surface area contributed by atoms with Gasteiger partial charge < -0.3 is 4.74 Å². The van der Waals surface area contributed by atoms with Crippen molar-refractivity contribution in [2.75, 3.05) is 0 Å². The van der Waals surface area contributed by atoms with Gasteiger partial charge in [-0.05, 0) is 53.8 Å². The van der Waals surface area contributed by atoms with Crippen LogP contribution >= 0.6 is 34.2 Å². The normalized spacial score (nSPS) is 12.2. The van der Waals surface area contributed by atoms with E-state index in [-0.39, 0.29) is 5.82 Å². The fourth-order valence-corrected chi connectivity index (χ4v) is 2.15. The van der Waals surface area contributed by atoms with Gasteiger partial charge in [-0.3, -0.25) is 0 Å². The molecule has 0 saturated heterocycles. The summed E-state index contributed by atoms with van der Waals surface area (Å²) < 4.78 is 20.3. The summed E-state index contributed by atoms with van der Waals surface area (Å²) in [4.78, 5) is 4.11. The summed E-state index contributed by atoms with van der Waals surface area (Å²) in [5.74, 6) is 0.126. The van der Waals surface area contributed by atoms with E-state index in [1.54, 1.807) is 25.3 Å². The predicted molar refractivity (Wildman–Crippen MR) is 77.4 cm³/mol. The SMILES string of the molecule is CC(Oc1ncccc1I)c1ccc(Cl)cc1F. The van der Waals surface area contributed by atoms with Gasteiger partial charge >= 0.3 is 0 Å². The highest BCUT2D eigenvalue weighted by Crippen LogP contribution is 2.26. The minimum Gasteiger partial charge on any atom is -0.469 e. The van der Waals surface area contributed by atoms with Gasteiger partial charge in [-0.15, -0.1) is 0 Å². The molecule has 0 radical (unpaired) electrons. The average Bonchev–Trinajstić information content (AvgIpc) is 2.32. The number of benzene rings is 1. The second-order valence-corrected chi connectivity index (χ2v) is 5.31. The Bertz CT molecular complexity index is 564. The first-order chi connectivity index (χ1) is 8.58. The van der Waals surface area contributed by atoms with Crippen molar-refractivity contribution in [1.29, 1.82) is 0 Å². The molecule has 0 spiro atoms. The van der Waals surface area contributed by atoms with E-state index in [1.165, 1.54) is 6.07 Å². The van der Waals surface area contributed by atoms with Gasteiger partial charge in [-0.2, -0.15) is 0 Å². The Labute approximate surface area is 123 Å². The Morgan fingerprint density at radius 2 is 2.17 bits per heavy atom. The molecule has 1 aromatic heterocycles. The Balaban J connectivity index is 2.22. The molecule has 0 amide bonds. The van der Waals surface area contributed by atoms with Crippen LogP contribution in [0.5, 0.6) is 5.88 Å². The van der Waals surface area contributed by atoms with Crippen LogP contribution in [0, 0.1) is 9.39 Å². The van der Waals surface area contributed by atoms with Crippen molar-refractivity contribution >= 4 is 34.2 Å². The number of hydrogen-bond donors (Lipinski definition) is 0. The average molecular weight is 378 g/mol. The van der Waals surface area contributed by atoms with Gasteiger partial charge in [0.15, 0.2) is 0 Å². The van der Waals surface area contributed by atoms with Crippen molar-refractivity contribution in [3.63, 3.8) is 0 Å². The maximum absolute atomic E-state index is 13.7. The van der Waals surface area contributed by atoms with E-state index in [4.69, 9.17) is 16.3 Å². The smallest absolute Gasteiger partial charge is 0.227 e. The van der Waals surface area contributed by atoms with Crippen LogP contribution in [-0.2, 0) is 0 Å². The van der Waals surface area contributed by atoms with Gasteiger partial charge in [-0.1, -0.05) is 17.7 Å². The van der Waals surface area contributed by atoms with Crippen molar-refractivity contribution in [3.8, 4) is 5.88 Å². The number of pyridine rings is 1. The highest BCUT2D eigenvalue weighted by molar-refractivity contribution is 14.1. The maximum Gasteiger partial charge on any atom is 0.227 e. The van der Waals surface area contributed by atoms with E-state index in [1.807, 2.05) is 12.1 Å². The summed E-state index contributed by atoms with van der Waals surface area (Å²) in [6, 6.07) is 8.25. The Morgan fingerprint density at radius 3 is 2.83 bits per heavy atom. The minimum atomic E-state index is -0.425. The van der Waals surface area contributed by atoms with Crippen LogP contribution in [-0.4, -0.2) is 4.98 Å². The van der Waals surface area contributed by atoms with Gasteiger partial charge in [0, 0.05) is 16.8 Å². The molecule has 1 atom stereocenters. The van der Waals surface area contributed by atoms with Crippen molar-refractivity contribution in [1.82, 2.24) is 4.98 Å². The first-order valence-electron chi connectivity index (χ1n) is 5.30. The van der Waals surface area contributed by atoms with Crippen molar-refractivity contribution in [2.45, 2.75) is 13.0 Å². The van der Waals surface area contributed by atoms with Crippen LogP contribution < -0.4 is 4.74 Å². The summed E-state index contributed by atoms with van der Waals surface area (Å²) in [5.41, 5.74) is 0.459. The molecule has 2 nitrogen and oxygen atoms in total. The Morgan fingerprint density at radius 1 is 1.39 bits per heavy atom. The summed E-state index contributed by atoms with van der Waals surface area (Å²) >= 11 is 7.84. The molecule has 0 aliphatic heterocycles. The van der Waals surface area contributed by atoms with Gasteiger partial charge in [-0.25, -0.2) is 9.37 Å². The number of rotatable bonds is 3. The molecule has 1 aromatic carbocycles. The molecule has 2 rings (SSSR count). The molecule has 1 heterocycles. The lowest BCUT2D eigenvalue weighted by atomic mass is 10.1. The van der Waals surface area contributed by atoms with Crippen molar-refractivity contribution in [2.24, 2.45) is 0 Å². The van der Waals surface area contributed by atoms with Gasteiger partial charge in [0.2, 0.25) is 5.88 Å². The molecule has 1 unspecified atom stereocenters. The zero-order valence-electron chi connectivity index (χ0n) is 9.53. The number of nitrogens with zero attached hydrogens (tertiary/aromatic N) is 1. The van der Waals surface area contributed by atoms with E-state index in [2.05, 4.69) is 27.6 Å². The zero-order valence-corrected chi connectivity index (χ0v) is 12.4. The summed E-state index contributed by atoms with van der Waals surface area (Å²) in [6.45, 7) is 1.77. The second kappa shape index (κ2) is 5.84. The highest BCUT2D eigenvalue weighted by atomic mass is 127. The Hall–Kier alpha value is -0.880. The highest BCUT2D eigenvalue weighted by Gasteiger charge is 2.14. The van der Waals surface area contributed by atoms with Crippen molar-refractivity contribution in [3.05, 3.63) is 56.5 Å². The van der Waals surface area contributed by atoms with Crippen LogP contribution in [0.3, 0.4) is 0 Å². The molecule has 0 N–H and O–H groups in total. The molecule has 0 saturated carbocycles. The third-order valence-corrected chi connectivity index (χ3v) is 3.47. The molecule has 0 bridgehead atoms. The molecule has 0 aliphatic rings. The topological polar surface area (TPSA) is 22.1 Å². The van der Waals surface area contributed by atoms with Crippen molar-refractivity contribution < 1.29 is 9.13 Å². The van der Waals surface area contributed by atoms with Gasteiger partial charge in [0.05, 0.1) is 3.57 Å². The van der Waals surface area contributed by atoms with Gasteiger partial charge in [0.25, 0.3) is 0 Å². The lowest BCUT2D eigenvalue weighted by molar-refractivity contribution is 0.210. The summed E-state index contributed by atoms with van der Waals surface area (Å²) in [7, 11) is 0. The fourth-order valence-electron chi connectivity index (χ4n) is 1.52. The van der Waals surface area contributed by atoms with Crippen LogP contribution in [0.1, 0.15) is 18.6 Å². The third kappa shape index (κ3) is 3.11. The molecule has 18 heavy (non-hydrogen) atoms.